The van der Waals surface area contributed by atoms with Gasteiger partial charge in [0.1, 0.15) is 11.5 Å². The largest absolute Gasteiger partial charge is 0.429 e. The number of pyridine rings is 3. The van der Waals surface area contributed by atoms with E-state index in [-0.39, 0.29) is 5.75 Å². The Bertz CT molecular complexity index is 1940. The zero-order valence-electron chi connectivity index (χ0n) is 20.2. The van der Waals surface area contributed by atoms with Crippen molar-refractivity contribution in [1.29, 1.82) is 0 Å². The molecule has 0 aliphatic heterocycles. The van der Waals surface area contributed by atoms with Crippen LogP contribution in [-0.2, 0) is 9.59 Å². The predicted molar refractivity (Wildman–Crippen MR) is 149 cm³/mol. The molecule has 0 aliphatic carbocycles. The molecule has 39 heavy (non-hydrogen) atoms. The second-order valence-electron chi connectivity index (χ2n) is 8.37. The van der Waals surface area contributed by atoms with Crippen LogP contribution in [0.3, 0.4) is 0 Å². The first-order valence-electron chi connectivity index (χ1n) is 11.8. The summed E-state index contributed by atoms with van der Waals surface area (Å²) >= 11 is 1.77. The lowest BCUT2D eigenvalue weighted by atomic mass is 10.1. The predicted octanol–water partition coefficient (Wildman–Crippen LogP) is 6.04. The molecule has 0 saturated carbocycles. The van der Waals surface area contributed by atoms with Crippen LogP contribution in [0.5, 0.6) is 11.5 Å². The van der Waals surface area contributed by atoms with Crippen molar-refractivity contribution in [2.45, 2.75) is 0 Å². The van der Waals surface area contributed by atoms with Crippen LogP contribution in [0.2, 0.25) is 0 Å². The van der Waals surface area contributed by atoms with E-state index in [1.165, 1.54) is 26.4 Å². The molecule has 2 aromatic carbocycles. The molecular formula is C31H17N3O4S. The first-order chi connectivity index (χ1) is 19.2. The van der Waals surface area contributed by atoms with Gasteiger partial charge in [0.05, 0.1) is 22.8 Å². The molecule has 0 spiro atoms. The van der Waals surface area contributed by atoms with Crippen LogP contribution in [0, 0.1) is 11.8 Å². The molecule has 0 unspecified atom stereocenters. The van der Waals surface area contributed by atoms with Gasteiger partial charge in [-0.1, -0.05) is 30.0 Å². The number of hydrogen-bond donors (Lipinski definition) is 0. The number of carbonyl (C=O) groups is 2. The van der Waals surface area contributed by atoms with E-state index in [9.17, 15) is 9.59 Å². The maximum atomic E-state index is 11.1. The molecule has 0 N–H and O–H groups in total. The molecule has 8 heteroatoms. The number of benzene rings is 2. The van der Waals surface area contributed by atoms with Gasteiger partial charge in [-0.2, -0.15) is 0 Å². The minimum absolute atomic E-state index is 0.267. The Kier molecular flexibility index (Phi) is 6.48. The van der Waals surface area contributed by atoms with Crippen LogP contribution in [0.25, 0.3) is 42.9 Å². The van der Waals surface area contributed by atoms with Crippen molar-refractivity contribution in [2.24, 2.45) is 0 Å². The number of nitrogens with zero attached hydrogens (tertiary/aromatic N) is 3. The third-order valence-corrected chi connectivity index (χ3v) is 7.06. The molecular weight excluding hydrogens is 510 g/mol. The third kappa shape index (κ3) is 5.07. The number of rotatable bonds is 6. The first kappa shape index (κ1) is 24.0. The average Bonchev–Trinajstić information content (AvgIpc) is 3.35. The molecule has 0 aliphatic rings. The lowest BCUT2D eigenvalue weighted by Gasteiger charge is -2.08. The molecule has 6 rings (SSSR count). The van der Waals surface area contributed by atoms with Crippen molar-refractivity contribution in [3.8, 4) is 46.1 Å². The third-order valence-electron chi connectivity index (χ3n) is 5.91. The zero-order chi connectivity index (χ0) is 26.6. The van der Waals surface area contributed by atoms with Crippen molar-refractivity contribution in [3.05, 3.63) is 102 Å². The van der Waals surface area contributed by atoms with Gasteiger partial charge in [0.2, 0.25) is 0 Å². The summed E-state index contributed by atoms with van der Waals surface area (Å²) in [5.74, 6) is 7.05. The minimum Gasteiger partial charge on any atom is -0.429 e. The van der Waals surface area contributed by atoms with Crippen LogP contribution in [0.15, 0.2) is 91.3 Å². The highest BCUT2D eigenvalue weighted by molar-refractivity contribution is 7.25. The second-order valence-corrected chi connectivity index (χ2v) is 9.45. The number of hydrogen-bond acceptors (Lipinski definition) is 8. The molecule has 0 amide bonds. The maximum absolute atomic E-state index is 11.1. The Balaban J connectivity index is 1.36. The molecule has 0 bridgehead atoms. The van der Waals surface area contributed by atoms with Crippen molar-refractivity contribution in [3.63, 3.8) is 0 Å². The molecule has 4 heterocycles. The van der Waals surface area contributed by atoms with E-state index in [0.29, 0.717) is 41.5 Å². The summed E-state index contributed by atoms with van der Waals surface area (Å²) in [4.78, 5) is 35.2. The van der Waals surface area contributed by atoms with Gasteiger partial charge in [0.15, 0.2) is 0 Å². The first-order valence-corrected chi connectivity index (χ1v) is 12.6. The van der Waals surface area contributed by atoms with E-state index in [4.69, 9.17) is 9.47 Å². The summed E-state index contributed by atoms with van der Waals surface area (Å²) in [5, 5.41) is 2.42. The lowest BCUT2D eigenvalue weighted by molar-refractivity contribution is -0.121. The van der Waals surface area contributed by atoms with E-state index < -0.39 is 0 Å². The SMILES string of the molecule is O=COc1ccnc(-c2cc(OC=O)cc(-c3cc(C#Cc4ccc5sc6ccccc6c5c4)ccn3)n2)c1. The van der Waals surface area contributed by atoms with E-state index in [1.54, 1.807) is 41.8 Å². The average molecular weight is 528 g/mol. The fourth-order valence-electron chi connectivity index (χ4n) is 4.17. The van der Waals surface area contributed by atoms with E-state index in [1.807, 2.05) is 30.3 Å². The fourth-order valence-corrected chi connectivity index (χ4v) is 5.25. The van der Waals surface area contributed by atoms with Crippen molar-refractivity contribution >= 4 is 44.5 Å². The summed E-state index contributed by atoms with van der Waals surface area (Å²) in [6, 6.07) is 24.5. The van der Waals surface area contributed by atoms with Crippen LogP contribution in [0.1, 0.15) is 11.1 Å². The van der Waals surface area contributed by atoms with Gasteiger partial charge in [0.25, 0.3) is 12.9 Å². The maximum Gasteiger partial charge on any atom is 0.298 e. The number of fused-ring (bicyclic) bond motifs is 3. The highest BCUT2D eigenvalue weighted by Gasteiger charge is 2.12. The highest BCUT2D eigenvalue weighted by Crippen LogP contribution is 2.34. The molecule has 0 radical (unpaired) electrons. The summed E-state index contributed by atoms with van der Waals surface area (Å²) in [6.45, 7) is 0.673. The quantitative estimate of drug-likeness (QED) is 0.193. The van der Waals surface area contributed by atoms with E-state index in [2.05, 4.69) is 51.1 Å². The molecule has 0 atom stereocenters. The Morgan fingerprint density at radius 2 is 1.26 bits per heavy atom. The molecule has 0 saturated heterocycles. The van der Waals surface area contributed by atoms with Crippen LogP contribution in [-0.4, -0.2) is 27.9 Å². The van der Waals surface area contributed by atoms with Gasteiger partial charge >= 0.3 is 0 Å². The minimum atomic E-state index is 0.267. The highest BCUT2D eigenvalue weighted by atomic mass is 32.1. The molecule has 6 aromatic rings. The van der Waals surface area contributed by atoms with Crippen molar-refractivity contribution in [2.75, 3.05) is 0 Å². The number of ether oxygens (including phenoxy) is 2. The van der Waals surface area contributed by atoms with E-state index >= 15 is 0 Å². The van der Waals surface area contributed by atoms with Gasteiger partial charge in [-0.3, -0.25) is 19.6 Å². The molecule has 4 aromatic heterocycles. The summed E-state index contributed by atoms with van der Waals surface area (Å²) < 4.78 is 12.5. The Hall–Kier alpha value is -5.39. The van der Waals surface area contributed by atoms with Gasteiger partial charge in [0, 0.05) is 61.9 Å². The topological polar surface area (TPSA) is 91.3 Å². The fraction of sp³-hybridized carbons (Fsp3) is 0. The van der Waals surface area contributed by atoms with Crippen molar-refractivity contribution < 1.29 is 19.1 Å². The molecule has 7 nitrogen and oxygen atoms in total. The summed E-state index contributed by atoms with van der Waals surface area (Å²) in [7, 11) is 0. The second kappa shape index (κ2) is 10.5. The Labute approximate surface area is 226 Å². The monoisotopic (exact) mass is 527 g/mol. The summed E-state index contributed by atoms with van der Waals surface area (Å²) in [5.41, 5.74) is 3.51. The molecule has 0 fully saturated rings. The Morgan fingerprint density at radius 1 is 0.615 bits per heavy atom. The van der Waals surface area contributed by atoms with Gasteiger partial charge < -0.3 is 9.47 Å². The van der Waals surface area contributed by atoms with Crippen molar-refractivity contribution in [1.82, 2.24) is 15.0 Å². The smallest absolute Gasteiger partial charge is 0.298 e. The Morgan fingerprint density at radius 3 is 2.05 bits per heavy atom. The van der Waals surface area contributed by atoms with E-state index in [0.717, 1.165) is 11.1 Å². The molecule has 186 valence electrons. The number of thiophene rings is 1. The van der Waals surface area contributed by atoms with Gasteiger partial charge in [-0.25, -0.2) is 4.98 Å². The normalized spacial score (nSPS) is 10.6. The summed E-state index contributed by atoms with van der Waals surface area (Å²) in [6.07, 6.45) is 3.15. The van der Waals surface area contributed by atoms with Crippen LogP contribution < -0.4 is 9.47 Å². The lowest BCUT2D eigenvalue weighted by Crippen LogP contribution is -1.97. The van der Waals surface area contributed by atoms with Gasteiger partial charge in [-0.05, 0) is 42.5 Å². The van der Waals surface area contributed by atoms with Crippen LogP contribution >= 0.6 is 11.3 Å². The van der Waals surface area contributed by atoms with Gasteiger partial charge in [-0.15, -0.1) is 11.3 Å². The number of carbonyl (C=O) groups excluding carboxylic acids is 2. The standard InChI is InChI=1S/C31H17N3O4S/c35-18-37-22-10-12-33-27(15-22)29-17-23(38-19-36)16-28(34-29)26-14-21(9-11-32-26)6-5-20-7-8-31-25(13-20)24-3-1-2-4-30(24)39-31/h1-4,7-19H. The van der Waals surface area contributed by atoms with Crippen LogP contribution in [0.4, 0.5) is 0 Å². The number of aromatic nitrogens is 3. The zero-order valence-corrected chi connectivity index (χ0v) is 21.0.